The van der Waals surface area contributed by atoms with E-state index in [1.165, 1.54) is 0 Å². The first kappa shape index (κ1) is 53.4. The summed E-state index contributed by atoms with van der Waals surface area (Å²) < 4.78 is 0. The molecule has 0 spiro atoms. The van der Waals surface area contributed by atoms with Crippen molar-refractivity contribution in [3.05, 3.63) is 0 Å². The molecule has 0 N–H and O–H groups in total. The van der Waals surface area contributed by atoms with Crippen LogP contribution in [0.4, 0.5) is 0 Å². The van der Waals surface area contributed by atoms with Crippen molar-refractivity contribution in [2.45, 2.75) is 5.56 Å². The van der Waals surface area contributed by atoms with Gasteiger partial charge in [-0.2, -0.15) is 0 Å². The molecule has 0 aliphatic rings. The third-order valence-electron chi connectivity index (χ3n) is 4.12. The van der Waals surface area contributed by atoms with E-state index >= 15 is 0 Å². The molecule has 0 saturated heterocycles. The van der Waals surface area contributed by atoms with Gasteiger partial charge in [-0.25, -0.2) is 0 Å². The van der Waals surface area contributed by atoms with Crippen molar-refractivity contribution in [1.82, 2.24) is 0 Å². The van der Waals surface area contributed by atoms with Gasteiger partial charge in [-0.05, 0) is 94.7 Å². The Morgan fingerprint density at radius 3 is 0.358 bits per heavy atom. The average Bonchev–Trinajstić information content (AvgIpc) is 3.33. The van der Waals surface area contributed by atoms with Gasteiger partial charge in [0.05, 0.1) is 0 Å². The Balaban J connectivity index is 4.60. The molecule has 2 atom stereocenters. The lowest BCUT2D eigenvalue weighted by atomic mass is 10.1. The van der Waals surface area contributed by atoms with Gasteiger partial charge in [0.1, 0.15) is 7.85 Å². The molecule has 67 heavy (non-hydrogen) atoms. The van der Waals surface area contributed by atoms with Crippen molar-refractivity contribution < 1.29 is 0 Å². The van der Waals surface area contributed by atoms with Crippen molar-refractivity contribution in [1.29, 1.82) is 0 Å². The van der Waals surface area contributed by atoms with Crippen LogP contribution in [-0.2, 0) is 0 Å². The van der Waals surface area contributed by atoms with Crippen LogP contribution in [0.5, 0.6) is 0 Å². The molecule has 0 bridgehead atoms. The van der Waals surface area contributed by atoms with Gasteiger partial charge in [0, 0.05) is 278 Å². The summed E-state index contributed by atoms with van der Waals surface area (Å²) in [5.74, 6) is 158. The zero-order valence-corrected chi connectivity index (χ0v) is 35.4. The maximum absolute atomic E-state index is 4.95. The van der Waals surface area contributed by atoms with Crippen LogP contribution in [0.1, 0.15) is 0 Å². The minimum atomic E-state index is 0.182. The maximum atomic E-state index is 4.95. The molecule has 0 nitrogen and oxygen atoms in total. The van der Waals surface area contributed by atoms with Crippen LogP contribution in [0.2, 0.25) is 0 Å². The Morgan fingerprint density at radius 2 is 0.269 bits per heavy atom. The van der Waals surface area contributed by atoms with E-state index < -0.39 is 0 Å². The summed E-state index contributed by atoms with van der Waals surface area (Å²) in [7, 11) is 4.50. The molecule has 274 valence electrons. The number of hydrogen-bond donors (Lipinski definition) is 0. The Labute approximate surface area is 400 Å². The highest BCUT2D eigenvalue weighted by molar-refractivity contribution is 7.21. The highest BCUT2D eigenvalue weighted by Gasteiger charge is 1.78. The quantitative estimate of drug-likeness (QED) is 0.177. The molecule has 0 aromatic rings. The lowest BCUT2D eigenvalue weighted by Gasteiger charge is -1.81. The van der Waals surface area contributed by atoms with Crippen molar-refractivity contribution in [2.75, 3.05) is 0 Å². The summed E-state index contributed by atoms with van der Waals surface area (Å²) in [4.78, 5) is 0. The van der Waals surface area contributed by atoms with Crippen LogP contribution < -0.4 is 0 Å². The molecular formula is C65H6BP. The fraction of sp³-hybridized carbons (Fsp3) is 0.0154. The van der Waals surface area contributed by atoms with Gasteiger partial charge in [0.15, 0.2) is 0 Å². The molecule has 0 amide bonds. The van der Waals surface area contributed by atoms with E-state index in [1.807, 2.05) is 7.85 Å². The smallest absolute Gasteiger partial charge is 0.126 e. The number of hydrogen-bond acceptors (Lipinski definition) is 0. The second-order valence-electron chi connectivity index (χ2n) is 8.70. The molecule has 0 aromatic carbocycles. The highest BCUT2D eigenvalue weighted by Crippen LogP contribution is 1.87. The van der Waals surface area contributed by atoms with Gasteiger partial charge < -0.3 is 0 Å². The van der Waals surface area contributed by atoms with E-state index in [2.05, 4.69) is 382 Å². The Hall–Kier alpha value is -13.6. The van der Waals surface area contributed by atoms with Crippen molar-refractivity contribution >= 4 is 17.1 Å². The molecule has 0 fully saturated rings. The van der Waals surface area contributed by atoms with Crippen LogP contribution in [0.3, 0.4) is 0 Å². The largest absolute Gasteiger partial charge is 0.131 e. The molecule has 0 aliphatic carbocycles. The molecule has 2 unspecified atom stereocenters. The van der Waals surface area contributed by atoms with E-state index in [1.54, 1.807) is 0 Å². The zero-order chi connectivity index (χ0) is 48.1. The standard InChI is InChI=1S/C65H6BP/c1-2-3-4-5-6-7-8-9-10-11-12-13-14-15-16-17-18-19-20-21-22-23-24-25-26-27-28-29-30-31-32-33-34-35-36-37-38-39-40-41-42-43-44-45-46-47-48-49-50-51-52-53-54-55-56-57-58-59-60-61-62-63-64-65(66)67/h1,65H,66-67H2. The molecule has 0 aromatic heterocycles. The van der Waals surface area contributed by atoms with Crippen LogP contribution in [0.25, 0.3) is 0 Å². The molecule has 0 saturated carbocycles. The lowest BCUT2D eigenvalue weighted by Crippen LogP contribution is -1.87. The molecule has 2 heteroatoms. The Morgan fingerprint density at radius 1 is 0.179 bits per heavy atom. The van der Waals surface area contributed by atoms with E-state index in [-0.39, 0.29) is 5.56 Å². The minimum absolute atomic E-state index is 0.182. The first-order valence-electron chi connectivity index (χ1n) is 17.0. The first-order valence-corrected chi connectivity index (χ1v) is 17.7. The molecular weight excluding hydrogens is 823 g/mol. The van der Waals surface area contributed by atoms with Crippen LogP contribution in [0, 0.1) is 379 Å². The first-order chi connectivity index (χ1) is 33.3. The summed E-state index contributed by atoms with van der Waals surface area (Å²) in [5, 5.41) is 0. The third-order valence-corrected chi connectivity index (χ3v) is 4.29. The molecule has 0 aliphatic heterocycles. The topological polar surface area (TPSA) is 0 Å². The molecule has 0 heterocycles. The van der Waals surface area contributed by atoms with Crippen LogP contribution in [-0.4, -0.2) is 13.4 Å². The fourth-order valence-electron chi connectivity index (χ4n) is 2.03. The van der Waals surface area contributed by atoms with Crippen LogP contribution in [0.15, 0.2) is 0 Å². The van der Waals surface area contributed by atoms with Crippen molar-refractivity contribution in [3.63, 3.8) is 0 Å². The Kier molecular flexibility index (Phi) is 40.2. The summed E-state index contributed by atoms with van der Waals surface area (Å²) in [6.45, 7) is 0. The van der Waals surface area contributed by atoms with Gasteiger partial charge in [-0.1, -0.05) is 5.92 Å². The summed E-state index contributed by atoms with van der Waals surface area (Å²) in [5.41, 5.74) is 0.182. The summed E-state index contributed by atoms with van der Waals surface area (Å²) >= 11 is 0. The predicted molar refractivity (Wildman–Crippen MR) is 272 cm³/mol. The SMILES string of the molecule is BC(P)C#CC#CC#CC#CC#CC#CC#CC#CC#CC#CC#CC#CC#CC#CC#CC#CC#CC#CC#CC#CC#CC#CC#CC#CC#CC#CC#CC#CC#CC#CC#CC#C. The number of terminal acetylenes is 1. The summed E-state index contributed by atoms with van der Waals surface area (Å²) in [6, 6.07) is 0. The normalized spacial score (nSPS) is 4.66. The fourth-order valence-corrected chi connectivity index (χ4v) is 2.11. The summed E-state index contributed by atoms with van der Waals surface area (Å²) in [6.07, 6.45) is 4.95. The van der Waals surface area contributed by atoms with Gasteiger partial charge >= 0.3 is 0 Å². The van der Waals surface area contributed by atoms with Gasteiger partial charge in [0.2, 0.25) is 0 Å². The third kappa shape index (κ3) is 52.4. The van der Waals surface area contributed by atoms with Gasteiger partial charge in [-0.3, -0.25) is 0 Å². The zero-order valence-electron chi connectivity index (χ0n) is 34.2. The minimum Gasteiger partial charge on any atom is -0.131 e. The monoisotopic (exact) mass is 828 g/mol. The van der Waals surface area contributed by atoms with E-state index in [9.17, 15) is 0 Å². The van der Waals surface area contributed by atoms with Crippen LogP contribution >= 0.6 is 9.24 Å². The van der Waals surface area contributed by atoms with E-state index in [4.69, 9.17) is 6.42 Å². The molecule has 0 rings (SSSR count). The lowest BCUT2D eigenvalue weighted by molar-refractivity contribution is 1.76. The number of rotatable bonds is 0. The van der Waals surface area contributed by atoms with E-state index in [0.717, 1.165) is 0 Å². The van der Waals surface area contributed by atoms with Crippen molar-refractivity contribution in [3.8, 4) is 379 Å². The highest BCUT2D eigenvalue weighted by atomic mass is 31.0. The average molecular weight is 829 g/mol. The van der Waals surface area contributed by atoms with E-state index in [0.29, 0.717) is 0 Å². The van der Waals surface area contributed by atoms with Gasteiger partial charge in [0.25, 0.3) is 0 Å². The second kappa shape index (κ2) is 50.4. The maximum Gasteiger partial charge on any atom is 0.126 e. The predicted octanol–water partition coefficient (Wildman–Crippen LogP) is -0.441. The van der Waals surface area contributed by atoms with Crippen molar-refractivity contribution in [2.24, 2.45) is 0 Å². The second-order valence-corrected chi connectivity index (χ2v) is 9.70. The Bertz CT molecular complexity index is 4270. The van der Waals surface area contributed by atoms with Gasteiger partial charge in [-0.15, -0.1) is 15.7 Å². The molecule has 0 radical (unpaired) electrons.